The Kier molecular flexibility index (Phi) is 5.48. The molecular formula is C19H25N3O3. The Morgan fingerprint density at radius 2 is 1.96 bits per heavy atom. The van der Waals surface area contributed by atoms with Crippen LogP contribution in [0.5, 0.6) is 5.75 Å². The predicted octanol–water partition coefficient (Wildman–Crippen LogP) is 3.27. The summed E-state index contributed by atoms with van der Waals surface area (Å²) in [6, 6.07) is 11.6. The van der Waals surface area contributed by atoms with Crippen LogP contribution in [0.25, 0.3) is 0 Å². The Hall–Kier alpha value is -2.63. The van der Waals surface area contributed by atoms with Crippen molar-refractivity contribution in [2.24, 2.45) is 0 Å². The molecule has 0 radical (unpaired) electrons. The predicted molar refractivity (Wildman–Crippen MR) is 97.1 cm³/mol. The second-order valence-electron chi connectivity index (χ2n) is 6.06. The lowest BCUT2D eigenvalue weighted by Gasteiger charge is -2.37. The molecule has 1 atom stereocenters. The van der Waals surface area contributed by atoms with Crippen molar-refractivity contribution in [2.45, 2.75) is 19.9 Å². The minimum Gasteiger partial charge on any atom is -0.492 e. The second kappa shape index (κ2) is 7.96. The zero-order chi connectivity index (χ0) is 17.6. The zero-order valence-corrected chi connectivity index (χ0v) is 14.8. The number of carbonyl (C=O) groups is 1. The van der Waals surface area contributed by atoms with Crippen molar-refractivity contribution in [1.29, 1.82) is 0 Å². The van der Waals surface area contributed by atoms with Crippen LogP contribution in [0.1, 0.15) is 25.6 Å². The number of urea groups is 1. The maximum Gasteiger partial charge on any atom is 0.318 e. The first kappa shape index (κ1) is 17.2. The highest BCUT2D eigenvalue weighted by Crippen LogP contribution is 2.28. The van der Waals surface area contributed by atoms with E-state index in [1.165, 1.54) is 0 Å². The van der Waals surface area contributed by atoms with Gasteiger partial charge in [-0.15, -0.1) is 0 Å². The first-order valence-corrected chi connectivity index (χ1v) is 8.74. The summed E-state index contributed by atoms with van der Waals surface area (Å²) >= 11 is 0. The molecule has 134 valence electrons. The maximum absolute atomic E-state index is 12.4. The number of carbonyl (C=O) groups excluding carboxylic acids is 1. The quantitative estimate of drug-likeness (QED) is 0.905. The Morgan fingerprint density at radius 1 is 1.20 bits per heavy atom. The molecule has 1 N–H and O–H groups in total. The third-order valence-corrected chi connectivity index (χ3v) is 4.38. The van der Waals surface area contributed by atoms with Crippen LogP contribution in [-0.4, -0.2) is 43.7 Å². The van der Waals surface area contributed by atoms with Crippen LogP contribution >= 0.6 is 0 Å². The van der Waals surface area contributed by atoms with Gasteiger partial charge in [0.2, 0.25) is 0 Å². The highest BCUT2D eigenvalue weighted by atomic mass is 16.5. The van der Waals surface area contributed by atoms with E-state index in [9.17, 15) is 4.79 Å². The number of amides is 2. The standard InChI is InChI=1S/C19H25N3O3/c1-3-24-18-8-5-4-7-16(18)21-10-12-22(13-11-21)19(23)20-15(2)17-9-6-14-25-17/h4-9,14-15H,3,10-13H2,1-2H3,(H,20,23). The fraction of sp³-hybridized carbons (Fsp3) is 0.421. The molecule has 0 aliphatic carbocycles. The first-order chi connectivity index (χ1) is 12.2. The van der Waals surface area contributed by atoms with Gasteiger partial charge in [-0.2, -0.15) is 0 Å². The number of para-hydroxylation sites is 2. The van der Waals surface area contributed by atoms with Gasteiger partial charge in [0.25, 0.3) is 0 Å². The van der Waals surface area contributed by atoms with Gasteiger partial charge in [0.05, 0.1) is 24.6 Å². The Bertz CT molecular complexity index is 679. The maximum atomic E-state index is 12.4. The zero-order valence-electron chi connectivity index (χ0n) is 14.8. The molecule has 0 spiro atoms. The number of anilines is 1. The summed E-state index contributed by atoms with van der Waals surface area (Å²) in [5.41, 5.74) is 1.09. The van der Waals surface area contributed by atoms with Gasteiger partial charge >= 0.3 is 6.03 Å². The minimum atomic E-state index is -0.140. The number of furan rings is 1. The molecule has 0 bridgehead atoms. The lowest BCUT2D eigenvalue weighted by Crippen LogP contribution is -2.52. The molecular weight excluding hydrogens is 318 g/mol. The number of hydrogen-bond acceptors (Lipinski definition) is 4. The van der Waals surface area contributed by atoms with Crippen LogP contribution in [0.15, 0.2) is 47.1 Å². The van der Waals surface area contributed by atoms with Gasteiger partial charge in [0.1, 0.15) is 11.5 Å². The number of rotatable bonds is 5. The highest BCUT2D eigenvalue weighted by molar-refractivity contribution is 5.75. The van der Waals surface area contributed by atoms with Gasteiger partial charge in [-0.1, -0.05) is 12.1 Å². The molecule has 1 aromatic heterocycles. The number of nitrogens with zero attached hydrogens (tertiary/aromatic N) is 2. The van der Waals surface area contributed by atoms with E-state index in [1.807, 2.05) is 49.1 Å². The van der Waals surface area contributed by atoms with E-state index in [0.717, 1.165) is 30.3 Å². The van der Waals surface area contributed by atoms with Crippen molar-refractivity contribution in [3.8, 4) is 5.75 Å². The van der Waals surface area contributed by atoms with Gasteiger partial charge < -0.3 is 24.3 Å². The summed E-state index contributed by atoms with van der Waals surface area (Å²) in [5.74, 6) is 1.66. The third-order valence-electron chi connectivity index (χ3n) is 4.38. The molecule has 2 amide bonds. The smallest absolute Gasteiger partial charge is 0.318 e. The first-order valence-electron chi connectivity index (χ1n) is 8.74. The molecule has 2 aromatic rings. The average Bonchev–Trinajstić information content (AvgIpc) is 3.17. The van der Waals surface area contributed by atoms with Gasteiger partial charge in [-0.25, -0.2) is 4.79 Å². The monoisotopic (exact) mass is 343 g/mol. The number of nitrogens with one attached hydrogen (secondary N) is 1. The van der Waals surface area contributed by atoms with Crippen LogP contribution in [-0.2, 0) is 0 Å². The molecule has 1 unspecified atom stereocenters. The van der Waals surface area contributed by atoms with E-state index >= 15 is 0 Å². The molecule has 1 aliphatic rings. The summed E-state index contributed by atoms with van der Waals surface area (Å²) < 4.78 is 11.1. The molecule has 2 heterocycles. The fourth-order valence-electron chi connectivity index (χ4n) is 3.03. The average molecular weight is 343 g/mol. The van der Waals surface area contributed by atoms with E-state index in [-0.39, 0.29) is 12.1 Å². The van der Waals surface area contributed by atoms with E-state index in [2.05, 4.69) is 16.3 Å². The van der Waals surface area contributed by atoms with Crippen LogP contribution in [0.2, 0.25) is 0 Å². The summed E-state index contributed by atoms with van der Waals surface area (Å²) in [4.78, 5) is 16.6. The van der Waals surface area contributed by atoms with E-state index in [0.29, 0.717) is 19.7 Å². The van der Waals surface area contributed by atoms with E-state index < -0.39 is 0 Å². The Labute approximate surface area is 148 Å². The lowest BCUT2D eigenvalue weighted by molar-refractivity contribution is 0.189. The summed E-state index contributed by atoms with van der Waals surface area (Å²) in [6.45, 7) is 7.47. The van der Waals surface area contributed by atoms with Crippen LogP contribution in [0.3, 0.4) is 0 Å². The normalized spacial score (nSPS) is 15.8. The second-order valence-corrected chi connectivity index (χ2v) is 6.06. The number of hydrogen-bond donors (Lipinski definition) is 1. The van der Waals surface area contributed by atoms with Gasteiger partial charge in [0.15, 0.2) is 0 Å². The molecule has 1 saturated heterocycles. The van der Waals surface area contributed by atoms with Gasteiger partial charge in [-0.05, 0) is 38.1 Å². The molecule has 3 rings (SSSR count). The molecule has 1 fully saturated rings. The molecule has 0 saturated carbocycles. The lowest BCUT2D eigenvalue weighted by atomic mass is 10.2. The van der Waals surface area contributed by atoms with E-state index in [1.54, 1.807) is 6.26 Å². The third kappa shape index (κ3) is 4.07. The fourth-order valence-corrected chi connectivity index (χ4v) is 3.03. The Morgan fingerprint density at radius 3 is 2.64 bits per heavy atom. The Balaban J connectivity index is 1.56. The van der Waals surface area contributed by atoms with Crippen LogP contribution in [0, 0.1) is 0 Å². The number of benzene rings is 1. The molecule has 1 aromatic carbocycles. The van der Waals surface area contributed by atoms with Crippen molar-refractivity contribution in [1.82, 2.24) is 10.2 Å². The van der Waals surface area contributed by atoms with Crippen molar-refractivity contribution in [2.75, 3.05) is 37.7 Å². The minimum absolute atomic E-state index is 0.0540. The van der Waals surface area contributed by atoms with Crippen LogP contribution < -0.4 is 15.0 Å². The van der Waals surface area contributed by atoms with E-state index in [4.69, 9.17) is 9.15 Å². The largest absolute Gasteiger partial charge is 0.492 e. The van der Waals surface area contributed by atoms with Crippen molar-refractivity contribution in [3.05, 3.63) is 48.4 Å². The molecule has 6 heteroatoms. The van der Waals surface area contributed by atoms with Gasteiger partial charge in [-0.3, -0.25) is 0 Å². The summed E-state index contributed by atoms with van der Waals surface area (Å²) in [6.07, 6.45) is 1.62. The van der Waals surface area contributed by atoms with Crippen LogP contribution in [0.4, 0.5) is 10.5 Å². The molecule has 1 aliphatic heterocycles. The van der Waals surface area contributed by atoms with Crippen molar-refractivity contribution >= 4 is 11.7 Å². The topological polar surface area (TPSA) is 58.0 Å². The van der Waals surface area contributed by atoms with Crippen molar-refractivity contribution < 1.29 is 13.9 Å². The highest BCUT2D eigenvalue weighted by Gasteiger charge is 2.24. The van der Waals surface area contributed by atoms with Gasteiger partial charge in [0, 0.05) is 26.2 Å². The number of piperazine rings is 1. The summed E-state index contributed by atoms with van der Waals surface area (Å²) in [7, 11) is 0. The van der Waals surface area contributed by atoms with Crippen molar-refractivity contribution in [3.63, 3.8) is 0 Å². The number of ether oxygens (including phenoxy) is 1. The molecule has 25 heavy (non-hydrogen) atoms. The molecule has 6 nitrogen and oxygen atoms in total. The SMILES string of the molecule is CCOc1ccccc1N1CCN(C(=O)NC(C)c2ccco2)CC1. The summed E-state index contributed by atoms with van der Waals surface area (Å²) in [5, 5.41) is 2.99.